The number of hydrogen-bond donors (Lipinski definition) is 3. The van der Waals surface area contributed by atoms with E-state index in [2.05, 4.69) is 14.9 Å². The zero-order valence-corrected chi connectivity index (χ0v) is 12.0. The lowest BCUT2D eigenvalue weighted by atomic mass is 10.2. The Balaban J connectivity index is 2.25. The van der Waals surface area contributed by atoms with Crippen molar-refractivity contribution in [3.63, 3.8) is 0 Å². The van der Waals surface area contributed by atoms with Crippen molar-refractivity contribution < 1.29 is 13.2 Å². The third-order valence-electron chi connectivity index (χ3n) is 3.49. The number of aromatic nitrogens is 2. The van der Waals surface area contributed by atoms with Crippen LogP contribution in [0.25, 0.3) is 0 Å². The van der Waals surface area contributed by atoms with Crippen molar-refractivity contribution in [2.75, 3.05) is 7.11 Å². The van der Waals surface area contributed by atoms with Gasteiger partial charge in [-0.25, -0.2) is 13.1 Å². The molecule has 0 amide bonds. The molecule has 4 N–H and O–H groups in total. The molecule has 1 aliphatic carbocycles. The van der Waals surface area contributed by atoms with Crippen molar-refractivity contribution in [2.24, 2.45) is 5.73 Å². The van der Waals surface area contributed by atoms with E-state index in [1.165, 1.54) is 0 Å². The summed E-state index contributed by atoms with van der Waals surface area (Å²) in [7, 11) is -2.02. The van der Waals surface area contributed by atoms with E-state index in [1.807, 2.05) is 0 Å². The first-order valence-electron chi connectivity index (χ1n) is 6.28. The largest absolute Gasteiger partial charge is 0.380 e. The van der Waals surface area contributed by atoms with E-state index in [4.69, 9.17) is 10.5 Å². The summed E-state index contributed by atoms with van der Waals surface area (Å²) in [6.45, 7) is 1.75. The number of nitrogens with one attached hydrogen (secondary N) is 2. The maximum absolute atomic E-state index is 12.4. The fourth-order valence-corrected chi connectivity index (χ4v) is 4.24. The summed E-state index contributed by atoms with van der Waals surface area (Å²) >= 11 is 0. The topological polar surface area (TPSA) is 110 Å². The summed E-state index contributed by atoms with van der Waals surface area (Å²) in [5.41, 5.74) is 6.38. The molecule has 0 radical (unpaired) electrons. The highest BCUT2D eigenvalue weighted by Crippen LogP contribution is 2.25. The number of nitrogens with zero attached hydrogens (tertiary/aromatic N) is 1. The lowest BCUT2D eigenvalue weighted by molar-refractivity contribution is 0.0916. The number of rotatable bonds is 5. The van der Waals surface area contributed by atoms with E-state index >= 15 is 0 Å². The SMILES string of the molecule is COC1CCCC1NS(=O)(=O)c1c(CN)n[nH]c1C. The Hall–Kier alpha value is -0.960. The Bertz CT molecular complexity index is 540. The highest BCUT2D eigenvalue weighted by atomic mass is 32.2. The van der Waals surface area contributed by atoms with Gasteiger partial charge in [-0.1, -0.05) is 0 Å². The average molecular weight is 288 g/mol. The van der Waals surface area contributed by atoms with Crippen molar-refractivity contribution in [1.82, 2.24) is 14.9 Å². The Labute approximate surface area is 113 Å². The Morgan fingerprint density at radius 1 is 1.53 bits per heavy atom. The van der Waals surface area contributed by atoms with E-state index in [0.717, 1.165) is 19.3 Å². The molecule has 1 aromatic heterocycles. The van der Waals surface area contributed by atoms with Gasteiger partial charge in [-0.3, -0.25) is 5.10 Å². The third-order valence-corrected chi connectivity index (χ3v) is 5.18. The van der Waals surface area contributed by atoms with Crippen LogP contribution in [0.5, 0.6) is 0 Å². The van der Waals surface area contributed by atoms with Crippen molar-refractivity contribution in [3.05, 3.63) is 11.4 Å². The molecule has 1 aromatic rings. The third kappa shape index (κ3) is 2.81. The van der Waals surface area contributed by atoms with Gasteiger partial charge in [-0.15, -0.1) is 0 Å². The van der Waals surface area contributed by atoms with Crippen LogP contribution < -0.4 is 10.5 Å². The summed E-state index contributed by atoms with van der Waals surface area (Å²) < 4.78 is 32.9. The van der Waals surface area contributed by atoms with Gasteiger partial charge in [0, 0.05) is 19.7 Å². The minimum absolute atomic E-state index is 0.0664. The molecule has 1 fully saturated rings. The molecule has 1 aliphatic rings. The standard InChI is InChI=1S/C11H20N4O3S/c1-7-11(9(6-12)14-13-7)19(16,17)15-8-4-3-5-10(8)18-2/h8,10,15H,3-6,12H2,1-2H3,(H,13,14). The van der Waals surface area contributed by atoms with Gasteiger partial charge >= 0.3 is 0 Å². The molecule has 8 heteroatoms. The predicted octanol–water partition coefficient (Wildman–Crippen LogP) is 0.0226. The molecule has 0 saturated heterocycles. The number of methoxy groups -OCH3 is 1. The number of aryl methyl sites for hydroxylation is 1. The minimum atomic E-state index is -3.62. The van der Waals surface area contributed by atoms with Crippen LogP contribution in [0, 0.1) is 6.92 Å². The second-order valence-corrected chi connectivity index (χ2v) is 6.41. The van der Waals surface area contributed by atoms with Crippen LogP contribution >= 0.6 is 0 Å². The fourth-order valence-electron chi connectivity index (χ4n) is 2.57. The van der Waals surface area contributed by atoms with Crippen LogP contribution in [0.4, 0.5) is 0 Å². The van der Waals surface area contributed by atoms with E-state index < -0.39 is 10.0 Å². The molecule has 108 valence electrons. The lowest BCUT2D eigenvalue weighted by Crippen LogP contribution is -2.41. The van der Waals surface area contributed by atoms with Crippen molar-refractivity contribution in [2.45, 2.75) is 49.8 Å². The second-order valence-electron chi connectivity index (χ2n) is 4.76. The Morgan fingerprint density at radius 3 is 2.89 bits per heavy atom. The maximum Gasteiger partial charge on any atom is 0.244 e. The predicted molar refractivity (Wildman–Crippen MR) is 70.0 cm³/mol. The molecule has 0 spiro atoms. The summed E-state index contributed by atoms with van der Waals surface area (Å²) in [6.07, 6.45) is 2.55. The van der Waals surface area contributed by atoms with Gasteiger partial charge in [0.15, 0.2) is 0 Å². The Kier molecular flexibility index (Phi) is 4.24. The van der Waals surface area contributed by atoms with Gasteiger partial charge in [-0.05, 0) is 26.2 Å². The molecule has 19 heavy (non-hydrogen) atoms. The normalized spacial score (nSPS) is 23.9. The molecule has 0 aliphatic heterocycles. The van der Waals surface area contributed by atoms with Crippen molar-refractivity contribution in [3.8, 4) is 0 Å². The molecule has 2 rings (SSSR count). The first kappa shape index (κ1) is 14.4. The van der Waals surface area contributed by atoms with Crippen LogP contribution in [0.15, 0.2) is 4.90 Å². The molecule has 2 atom stereocenters. The van der Waals surface area contributed by atoms with Gasteiger partial charge in [0.05, 0.1) is 17.5 Å². The molecular weight excluding hydrogens is 268 g/mol. The van der Waals surface area contributed by atoms with Crippen molar-refractivity contribution in [1.29, 1.82) is 0 Å². The Morgan fingerprint density at radius 2 is 2.26 bits per heavy atom. The number of hydrogen-bond acceptors (Lipinski definition) is 5. The minimum Gasteiger partial charge on any atom is -0.380 e. The quantitative estimate of drug-likeness (QED) is 0.707. The highest BCUT2D eigenvalue weighted by molar-refractivity contribution is 7.89. The molecular formula is C11H20N4O3S. The molecule has 0 bridgehead atoms. The van der Waals surface area contributed by atoms with E-state index in [0.29, 0.717) is 11.4 Å². The second kappa shape index (κ2) is 5.58. The average Bonchev–Trinajstić information content (AvgIpc) is 2.94. The number of sulfonamides is 1. The first-order chi connectivity index (χ1) is 8.99. The summed E-state index contributed by atoms with van der Waals surface area (Å²) in [6, 6.07) is -0.185. The highest BCUT2D eigenvalue weighted by Gasteiger charge is 2.33. The van der Waals surface area contributed by atoms with Gasteiger partial charge in [0.25, 0.3) is 0 Å². The molecule has 0 aromatic carbocycles. The first-order valence-corrected chi connectivity index (χ1v) is 7.77. The lowest BCUT2D eigenvalue weighted by Gasteiger charge is -2.19. The summed E-state index contributed by atoms with van der Waals surface area (Å²) in [5, 5.41) is 6.58. The number of H-pyrrole nitrogens is 1. The molecule has 2 unspecified atom stereocenters. The van der Waals surface area contributed by atoms with E-state index in [-0.39, 0.29) is 23.6 Å². The maximum atomic E-state index is 12.4. The van der Waals surface area contributed by atoms with Gasteiger partial charge < -0.3 is 10.5 Å². The number of nitrogens with two attached hydrogens (primary N) is 1. The van der Waals surface area contributed by atoms with Crippen molar-refractivity contribution >= 4 is 10.0 Å². The van der Waals surface area contributed by atoms with Crippen LogP contribution in [0.1, 0.15) is 30.7 Å². The van der Waals surface area contributed by atoms with Gasteiger partial charge in [0.2, 0.25) is 10.0 Å². The summed E-state index contributed by atoms with van der Waals surface area (Å²) in [5.74, 6) is 0. The van der Waals surface area contributed by atoms with Crippen LogP contribution in [0.3, 0.4) is 0 Å². The number of ether oxygens (including phenoxy) is 1. The molecule has 1 heterocycles. The molecule has 1 saturated carbocycles. The summed E-state index contributed by atoms with van der Waals surface area (Å²) in [4.78, 5) is 0.164. The van der Waals surface area contributed by atoms with E-state index in [9.17, 15) is 8.42 Å². The zero-order chi connectivity index (χ0) is 14.0. The van der Waals surface area contributed by atoms with Gasteiger partial charge in [0.1, 0.15) is 4.90 Å². The van der Waals surface area contributed by atoms with Gasteiger partial charge in [-0.2, -0.15) is 5.10 Å². The number of aromatic amines is 1. The van der Waals surface area contributed by atoms with E-state index in [1.54, 1.807) is 14.0 Å². The van der Waals surface area contributed by atoms with Crippen LogP contribution in [-0.4, -0.2) is 37.9 Å². The monoisotopic (exact) mass is 288 g/mol. The smallest absolute Gasteiger partial charge is 0.244 e. The fraction of sp³-hybridized carbons (Fsp3) is 0.727. The van der Waals surface area contributed by atoms with Crippen LogP contribution in [-0.2, 0) is 21.3 Å². The zero-order valence-electron chi connectivity index (χ0n) is 11.1. The molecule has 7 nitrogen and oxygen atoms in total. The van der Waals surface area contributed by atoms with Crippen LogP contribution in [0.2, 0.25) is 0 Å².